The zero-order valence-electron chi connectivity index (χ0n) is 6.58. The molecule has 2 aromatic rings. The number of halogens is 1. The molecule has 2 rings (SSSR count). The molecule has 0 amide bonds. The summed E-state index contributed by atoms with van der Waals surface area (Å²) in [7, 11) is 0. The Morgan fingerprint density at radius 2 is 2.08 bits per heavy atom. The van der Waals surface area contributed by atoms with E-state index in [4.69, 9.17) is 11.6 Å². The molecule has 60 valence electrons. The van der Waals surface area contributed by atoms with Crippen molar-refractivity contribution in [1.29, 1.82) is 0 Å². The maximum atomic E-state index is 5.86. The Morgan fingerprint density at radius 3 is 2.92 bits per heavy atom. The first-order chi connectivity index (χ1) is 5.77. The minimum absolute atomic E-state index is 0.469. The quantitative estimate of drug-likeness (QED) is 0.580. The number of nitrogens with zero attached hydrogens (tertiary/aromatic N) is 2. The minimum Gasteiger partial charge on any atom is -0.250 e. The van der Waals surface area contributed by atoms with Crippen LogP contribution < -0.4 is 0 Å². The van der Waals surface area contributed by atoms with Crippen LogP contribution in [0.15, 0.2) is 24.4 Å². The second-order valence-corrected chi connectivity index (χ2v) is 2.98. The maximum Gasteiger partial charge on any atom is 0.155 e. The lowest BCUT2D eigenvalue weighted by Crippen LogP contribution is -1.85. The van der Waals surface area contributed by atoms with Crippen molar-refractivity contribution in [2.24, 2.45) is 0 Å². The second kappa shape index (κ2) is 2.72. The van der Waals surface area contributed by atoms with Crippen molar-refractivity contribution in [1.82, 2.24) is 9.97 Å². The summed E-state index contributed by atoms with van der Waals surface area (Å²) in [5.74, 6) is 0. The molecule has 0 aliphatic carbocycles. The van der Waals surface area contributed by atoms with Gasteiger partial charge in [-0.2, -0.15) is 0 Å². The first-order valence-electron chi connectivity index (χ1n) is 3.65. The molecule has 2 nitrogen and oxygen atoms in total. The SMILES string of the molecule is Cc1ccc2ccnc(Cl)c2n1. The standard InChI is InChI=1S/C9H7ClN2/c1-6-2-3-7-4-5-11-9(10)8(7)12-6/h2-5H,1H3. The molecule has 0 aliphatic heterocycles. The molecule has 0 aliphatic rings. The third kappa shape index (κ3) is 1.14. The summed E-state index contributed by atoms with van der Waals surface area (Å²) in [4.78, 5) is 8.23. The fraction of sp³-hybridized carbons (Fsp3) is 0.111. The van der Waals surface area contributed by atoms with E-state index >= 15 is 0 Å². The van der Waals surface area contributed by atoms with Crippen molar-refractivity contribution in [2.45, 2.75) is 6.92 Å². The molecule has 2 aromatic heterocycles. The van der Waals surface area contributed by atoms with E-state index in [1.807, 2.05) is 25.1 Å². The molecule has 0 atom stereocenters. The van der Waals surface area contributed by atoms with Crippen molar-refractivity contribution in [3.8, 4) is 0 Å². The first-order valence-corrected chi connectivity index (χ1v) is 4.03. The van der Waals surface area contributed by atoms with Gasteiger partial charge >= 0.3 is 0 Å². The number of hydrogen-bond acceptors (Lipinski definition) is 2. The zero-order chi connectivity index (χ0) is 8.55. The van der Waals surface area contributed by atoms with Crippen LogP contribution in [0.2, 0.25) is 5.15 Å². The smallest absolute Gasteiger partial charge is 0.155 e. The van der Waals surface area contributed by atoms with Crippen LogP contribution in [0.5, 0.6) is 0 Å². The van der Waals surface area contributed by atoms with Crippen LogP contribution in [0, 0.1) is 6.92 Å². The van der Waals surface area contributed by atoms with E-state index in [1.54, 1.807) is 6.20 Å². The average molecular weight is 179 g/mol. The van der Waals surface area contributed by atoms with Crippen molar-refractivity contribution in [3.63, 3.8) is 0 Å². The number of pyridine rings is 2. The maximum absolute atomic E-state index is 5.86. The fourth-order valence-corrected chi connectivity index (χ4v) is 1.32. The summed E-state index contributed by atoms with van der Waals surface area (Å²) in [6.45, 7) is 1.93. The van der Waals surface area contributed by atoms with E-state index in [0.717, 1.165) is 16.6 Å². The number of aromatic nitrogens is 2. The molecule has 0 fully saturated rings. The normalized spacial score (nSPS) is 10.5. The average Bonchev–Trinajstić information content (AvgIpc) is 2.07. The Kier molecular flexibility index (Phi) is 1.70. The molecule has 12 heavy (non-hydrogen) atoms. The summed E-state index contributed by atoms with van der Waals surface area (Å²) >= 11 is 5.86. The Morgan fingerprint density at radius 1 is 1.25 bits per heavy atom. The van der Waals surface area contributed by atoms with Crippen molar-refractivity contribution in [2.75, 3.05) is 0 Å². The highest BCUT2D eigenvalue weighted by Gasteiger charge is 1.99. The van der Waals surface area contributed by atoms with Crippen molar-refractivity contribution in [3.05, 3.63) is 35.2 Å². The van der Waals surface area contributed by atoms with Crippen LogP contribution in [-0.2, 0) is 0 Å². The molecule has 0 radical (unpaired) electrons. The molecule has 2 heterocycles. The van der Waals surface area contributed by atoms with E-state index in [-0.39, 0.29) is 0 Å². The Hall–Kier alpha value is -1.15. The predicted octanol–water partition coefficient (Wildman–Crippen LogP) is 2.59. The molecule has 0 unspecified atom stereocenters. The van der Waals surface area contributed by atoms with Crippen LogP contribution >= 0.6 is 11.6 Å². The van der Waals surface area contributed by atoms with E-state index in [2.05, 4.69) is 9.97 Å². The number of aryl methyl sites for hydroxylation is 1. The van der Waals surface area contributed by atoms with E-state index in [0.29, 0.717) is 5.15 Å². The highest BCUT2D eigenvalue weighted by atomic mass is 35.5. The molecule has 0 saturated carbocycles. The van der Waals surface area contributed by atoms with Crippen LogP contribution in [0.4, 0.5) is 0 Å². The van der Waals surface area contributed by atoms with Gasteiger partial charge in [0.05, 0.1) is 0 Å². The summed E-state index contributed by atoms with van der Waals surface area (Å²) < 4.78 is 0. The van der Waals surface area contributed by atoms with E-state index in [1.165, 1.54) is 0 Å². The van der Waals surface area contributed by atoms with Gasteiger partial charge in [-0.3, -0.25) is 0 Å². The number of rotatable bonds is 0. The van der Waals surface area contributed by atoms with E-state index in [9.17, 15) is 0 Å². The lowest BCUT2D eigenvalue weighted by molar-refractivity contribution is 1.23. The summed E-state index contributed by atoms with van der Waals surface area (Å²) in [5, 5.41) is 1.50. The summed E-state index contributed by atoms with van der Waals surface area (Å²) in [5.41, 5.74) is 1.73. The van der Waals surface area contributed by atoms with Gasteiger partial charge < -0.3 is 0 Å². The molecular formula is C9H7ClN2. The molecule has 0 N–H and O–H groups in total. The highest BCUT2D eigenvalue weighted by molar-refractivity contribution is 6.33. The highest BCUT2D eigenvalue weighted by Crippen LogP contribution is 2.18. The number of hydrogen-bond donors (Lipinski definition) is 0. The minimum atomic E-state index is 0.469. The fourth-order valence-electron chi connectivity index (χ4n) is 1.11. The van der Waals surface area contributed by atoms with E-state index < -0.39 is 0 Å². The lowest BCUT2D eigenvalue weighted by Gasteiger charge is -1.98. The lowest BCUT2D eigenvalue weighted by atomic mass is 10.2. The molecule has 3 heteroatoms. The largest absolute Gasteiger partial charge is 0.250 e. The molecule has 0 saturated heterocycles. The van der Waals surface area contributed by atoms with Crippen molar-refractivity contribution < 1.29 is 0 Å². The van der Waals surface area contributed by atoms with Gasteiger partial charge in [0.2, 0.25) is 0 Å². The summed E-state index contributed by atoms with van der Waals surface area (Å²) in [6, 6.07) is 5.84. The van der Waals surface area contributed by atoms with Crippen LogP contribution in [0.25, 0.3) is 10.9 Å². The Labute approximate surface area is 75.2 Å². The molecule has 0 bridgehead atoms. The van der Waals surface area contributed by atoms with Crippen LogP contribution in [-0.4, -0.2) is 9.97 Å². The zero-order valence-corrected chi connectivity index (χ0v) is 7.34. The topological polar surface area (TPSA) is 25.8 Å². The van der Waals surface area contributed by atoms with Crippen molar-refractivity contribution >= 4 is 22.5 Å². The molecular weight excluding hydrogens is 172 g/mol. The van der Waals surface area contributed by atoms with Gasteiger partial charge in [-0.15, -0.1) is 0 Å². The van der Waals surface area contributed by atoms with Crippen LogP contribution in [0.1, 0.15) is 5.69 Å². The second-order valence-electron chi connectivity index (χ2n) is 2.63. The van der Waals surface area contributed by atoms with Gasteiger partial charge in [0.1, 0.15) is 5.52 Å². The predicted molar refractivity (Wildman–Crippen MR) is 49.3 cm³/mol. The third-order valence-corrected chi connectivity index (χ3v) is 1.98. The monoisotopic (exact) mass is 178 g/mol. The van der Waals surface area contributed by atoms with Gasteiger partial charge in [-0.1, -0.05) is 17.7 Å². The first kappa shape index (κ1) is 7.50. The third-order valence-electron chi connectivity index (χ3n) is 1.70. The van der Waals surface area contributed by atoms with Gasteiger partial charge in [-0.05, 0) is 19.1 Å². The van der Waals surface area contributed by atoms with Gasteiger partial charge in [-0.25, -0.2) is 9.97 Å². The Bertz CT molecular complexity index is 426. The van der Waals surface area contributed by atoms with Gasteiger partial charge in [0.25, 0.3) is 0 Å². The molecule has 0 spiro atoms. The Balaban J connectivity index is 2.88. The number of fused-ring (bicyclic) bond motifs is 1. The van der Waals surface area contributed by atoms with Gasteiger partial charge in [0, 0.05) is 17.3 Å². The van der Waals surface area contributed by atoms with Crippen LogP contribution in [0.3, 0.4) is 0 Å². The van der Waals surface area contributed by atoms with Gasteiger partial charge in [0.15, 0.2) is 5.15 Å². The summed E-state index contributed by atoms with van der Waals surface area (Å²) in [6.07, 6.45) is 1.68. The molecule has 0 aromatic carbocycles.